The predicted octanol–water partition coefficient (Wildman–Crippen LogP) is 5.19. The third kappa shape index (κ3) is 2.82. The lowest BCUT2D eigenvalue weighted by molar-refractivity contribution is -0.151. The van der Waals surface area contributed by atoms with Crippen LogP contribution < -0.4 is 9.47 Å². The third-order valence-electron chi connectivity index (χ3n) is 6.25. The molecule has 0 spiro atoms. The fourth-order valence-electron chi connectivity index (χ4n) is 5.01. The Labute approximate surface area is 190 Å². The van der Waals surface area contributed by atoms with E-state index in [1.165, 1.54) is 0 Å². The SMILES string of the molecule is O=C1C[C@@H](c2ccccc2)[C@@]2(c3ccc(Cl)cc3)Oc3cccc(OCCCl)c3[C@@]12O. The normalized spacial score (nSPS) is 26.3. The maximum atomic E-state index is 13.6. The van der Waals surface area contributed by atoms with Gasteiger partial charge in [0.25, 0.3) is 0 Å². The molecule has 1 saturated carbocycles. The number of hydrogen-bond donors (Lipinski definition) is 1. The number of benzene rings is 3. The van der Waals surface area contributed by atoms with Gasteiger partial charge in [-0.1, -0.05) is 60.1 Å². The second-order valence-corrected chi connectivity index (χ2v) is 8.63. The van der Waals surface area contributed by atoms with Gasteiger partial charge in [0.2, 0.25) is 0 Å². The molecule has 2 aliphatic rings. The van der Waals surface area contributed by atoms with Crippen molar-refractivity contribution in [3.63, 3.8) is 0 Å². The predicted molar refractivity (Wildman–Crippen MR) is 119 cm³/mol. The van der Waals surface area contributed by atoms with Gasteiger partial charge in [-0.25, -0.2) is 0 Å². The van der Waals surface area contributed by atoms with Crippen LogP contribution in [0.5, 0.6) is 11.5 Å². The molecule has 1 heterocycles. The van der Waals surface area contributed by atoms with Gasteiger partial charge in [-0.2, -0.15) is 0 Å². The lowest BCUT2D eigenvalue weighted by Crippen LogP contribution is -2.50. The Bertz CT molecular complexity index is 1130. The first-order valence-electron chi connectivity index (χ1n) is 10.1. The minimum Gasteiger partial charge on any atom is -0.492 e. The van der Waals surface area contributed by atoms with E-state index in [9.17, 15) is 9.90 Å². The standard InChI is InChI=1S/C25H20Cl2O4/c26-13-14-30-20-7-4-8-21-23(20)24(29)22(28)15-19(16-5-2-1-3-6-16)25(24,31-21)17-9-11-18(27)12-10-17/h1-12,19,29H,13-15H2/t19-,24-,25+/m0/s1. The van der Waals surface area contributed by atoms with Crippen LogP contribution >= 0.6 is 23.2 Å². The van der Waals surface area contributed by atoms with Crippen molar-refractivity contribution in [3.8, 4) is 11.5 Å². The zero-order valence-electron chi connectivity index (χ0n) is 16.6. The Hall–Kier alpha value is -2.53. The van der Waals surface area contributed by atoms with Crippen LogP contribution in [0.4, 0.5) is 0 Å². The maximum absolute atomic E-state index is 13.6. The highest BCUT2D eigenvalue weighted by atomic mass is 35.5. The Kier molecular flexibility index (Phi) is 4.97. The molecular weight excluding hydrogens is 435 g/mol. The first-order chi connectivity index (χ1) is 15.0. The molecule has 1 N–H and O–H groups in total. The van der Waals surface area contributed by atoms with Gasteiger partial charge in [0.05, 0.1) is 11.4 Å². The molecule has 6 heteroatoms. The summed E-state index contributed by atoms with van der Waals surface area (Å²) in [6.07, 6.45) is 0.131. The fraction of sp³-hybridized carbons (Fsp3) is 0.240. The summed E-state index contributed by atoms with van der Waals surface area (Å²) >= 11 is 12.0. The molecule has 0 unspecified atom stereocenters. The topological polar surface area (TPSA) is 55.8 Å². The second kappa shape index (κ2) is 7.56. The Balaban J connectivity index is 1.78. The highest BCUT2D eigenvalue weighted by Gasteiger charge is 2.73. The van der Waals surface area contributed by atoms with Crippen LogP contribution in [0.15, 0.2) is 72.8 Å². The number of carbonyl (C=O) groups excluding carboxylic acids is 1. The van der Waals surface area contributed by atoms with Crippen molar-refractivity contribution in [1.82, 2.24) is 0 Å². The zero-order chi connectivity index (χ0) is 21.6. The Morgan fingerprint density at radius 3 is 2.48 bits per heavy atom. The molecule has 4 nitrogen and oxygen atoms in total. The summed E-state index contributed by atoms with van der Waals surface area (Å²) < 4.78 is 12.4. The van der Waals surface area contributed by atoms with E-state index in [4.69, 9.17) is 32.7 Å². The summed E-state index contributed by atoms with van der Waals surface area (Å²) in [4.78, 5) is 13.6. The first kappa shape index (κ1) is 20.4. The number of ketones is 1. The van der Waals surface area contributed by atoms with Gasteiger partial charge in [0.1, 0.15) is 18.1 Å². The number of halogens is 2. The highest BCUT2D eigenvalue weighted by molar-refractivity contribution is 6.30. The molecule has 1 aliphatic carbocycles. The monoisotopic (exact) mass is 454 g/mol. The molecule has 1 fully saturated rings. The van der Waals surface area contributed by atoms with Gasteiger partial charge in [0.15, 0.2) is 17.0 Å². The van der Waals surface area contributed by atoms with E-state index in [0.29, 0.717) is 27.6 Å². The molecule has 0 amide bonds. The highest BCUT2D eigenvalue weighted by Crippen LogP contribution is 2.66. The van der Waals surface area contributed by atoms with Gasteiger partial charge in [-0.15, -0.1) is 11.6 Å². The van der Waals surface area contributed by atoms with Gasteiger partial charge >= 0.3 is 0 Å². The number of carbonyl (C=O) groups is 1. The molecule has 0 aromatic heterocycles. The summed E-state index contributed by atoms with van der Waals surface area (Å²) in [5.74, 6) is 0.404. The lowest BCUT2D eigenvalue weighted by atomic mass is 9.71. The molecule has 3 aromatic carbocycles. The number of alkyl halides is 1. The molecule has 1 aliphatic heterocycles. The third-order valence-corrected chi connectivity index (χ3v) is 6.66. The average Bonchev–Trinajstić information content (AvgIpc) is 3.19. The molecule has 31 heavy (non-hydrogen) atoms. The van der Waals surface area contributed by atoms with Gasteiger partial charge < -0.3 is 14.6 Å². The molecule has 158 valence electrons. The average molecular weight is 455 g/mol. The zero-order valence-corrected chi connectivity index (χ0v) is 18.1. The van der Waals surface area contributed by atoms with E-state index >= 15 is 0 Å². The molecular formula is C25H20Cl2O4. The van der Waals surface area contributed by atoms with Gasteiger partial charge in [0, 0.05) is 17.4 Å². The molecule has 0 bridgehead atoms. The van der Waals surface area contributed by atoms with Crippen LogP contribution in [0.2, 0.25) is 5.02 Å². The van der Waals surface area contributed by atoms with Crippen molar-refractivity contribution >= 4 is 29.0 Å². The van der Waals surface area contributed by atoms with Crippen molar-refractivity contribution in [2.75, 3.05) is 12.5 Å². The minimum atomic E-state index is -1.92. The maximum Gasteiger partial charge on any atom is 0.200 e. The number of Topliss-reactive ketones (excluding diaryl/α,β-unsaturated/α-hetero) is 1. The number of ether oxygens (including phenoxy) is 2. The molecule has 3 atom stereocenters. The van der Waals surface area contributed by atoms with Crippen LogP contribution in [0.3, 0.4) is 0 Å². The number of rotatable bonds is 5. The van der Waals surface area contributed by atoms with Crippen LogP contribution in [-0.4, -0.2) is 23.4 Å². The van der Waals surface area contributed by atoms with E-state index < -0.39 is 17.1 Å². The summed E-state index contributed by atoms with van der Waals surface area (Å²) in [6, 6.07) is 22.1. The van der Waals surface area contributed by atoms with Crippen LogP contribution in [-0.2, 0) is 16.0 Å². The number of aliphatic hydroxyl groups is 1. The van der Waals surface area contributed by atoms with Crippen molar-refractivity contribution in [2.24, 2.45) is 0 Å². The van der Waals surface area contributed by atoms with E-state index in [-0.39, 0.29) is 24.7 Å². The summed E-state index contributed by atoms with van der Waals surface area (Å²) in [6.45, 7) is 0.248. The molecule has 3 aromatic rings. The van der Waals surface area contributed by atoms with E-state index in [2.05, 4.69) is 0 Å². The van der Waals surface area contributed by atoms with E-state index in [1.54, 1.807) is 30.3 Å². The van der Waals surface area contributed by atoms with E-state index in [0.717, 1.165) is 5.56 Å². The van der Waals surface area contributed by atoms with E-state index in [1.807, 2.05) is 42.5 Å². The van der Waals surface area contributed by atoms with Crippen molar-refractivity contribution < 1.29 is 19.4 Å². The number of fused-ring (bicyclic) bond motifs is 3. The smallest absolute Gasteiger partial charge is 0.200 e. The Morgan fingerprint density at radius 2 is 1.77 bits per heavy atom. The van der Waals surface area contributed by atoms with Gasteiger partial charge in [-0.05, 0) is 35.4 Å². The quantitative estimate of drug-likeness (QED) is 0.538. The van der Waals surface area contributed by atoms with Crippen molar-refractivity contribution in [3.05, 3.63) is 94.5 Å². The second-order valence-electron chi connectivity index (χ2n) is 7.81. The largest absolute Gasteiger partial charge is 0.492 e. The molecule has 0 saturated heterocycles. The van der Waals surface area contributed by atoms with Crippen molar-refractivity contribution in [2.45, 2.75) is 23.5 Å². The summed E-state index contributed by atoms with van der Waals surface area (Å²) in [5.41, 5.74) is -1.31. The molecule has 0 radical (unpaired) electrons. The molecule has 5 rings (SSSR count). The lowest BCUT2D eigenvalue weighted by Gasteiger charge is -2.39. The summed E-state index contributed by atoms with van der Waals surface area (Å²) in [5, 5.41) is 12.8. The Morgan fingerprint density at radius 1 is 1.03 bits per heavy atom. The fourth-order valence-corrected chi connectivity index (χ4v) is 5.21. The van der Waals surface area contributed by atoms with Crippen LogP contribution in [0.1, 0.15) is 29.0 Å². The first-order valence-corrected chi connectivity index (χ1v) is 11.0. The van der Waals surface area contributed by atoms with Crippen LogP contribution in [0, 0.1) is 0 Å². The van der Waals surface area contributed by atoms with Gasteiger partial charge in [-0.3, -0.25) is 4.79 Å². The van der Waals surface area contributed by atoms with Crippen LogP contribution in [0.25, 0.3) is 0 Å². The number of hydrogen-bond acceptors (Lipinski definition) is 4. The summed E-state index contributed by atoms with van der Waals surface area (Å²) in [7, 11) is 0. The van der Waals surface area contributed by atoms with Crippen molar-refractivity contribution in [1.29, 1.82) is 0 Å². The minimum absolute atomic E-state index is 0.131.